The van der Waals surface area contributed by atoms with Crippen LogP contribution in [0.4, 0.5) is 0 Å². The van der Waals surface area contributed by atoms with E-state index >= 15 is 0 Å². The number of nitrogens with zero attached hydrogens (tertiary/aromatic N) is 1. The van der Waals surface area contributed by atoms with Crippen LogP contribution in [0, 0.1) is 0 Å². The van der Waals surface area contributed by atoms with Gasteiger partial charge in [0.05, 0.1) is 6.04 Å². The van der Waals surface area contributed by atoms with Crippen molar-refractivity contribution in [1.82, 2.24) is 10.2 Å². The van der Waals surface area contributed by atoms with Crippen LogP contribution in [0.2, 0.25) is 0 Å². The third-order valence-electron chi connectivity index (χ3n) is 2.63. The van der Waals surface area contributed by atoms with Crippen LogP contribution in [-0.4, -0.2) is 47.6 Å². The lowest BCUT2D eigenvalue weighted by atomic mass is 10.0. The molecule has 5 nitrogen and oxygen atoms in total. The monoisotopic (exact) mass is 214 g/mol. The fraction of sp³-hybridized carbons (Fsp3) is 0.800. The number of aliphatic carboxylic acids is 1. The first kappa shape index (κ1) is 12.0. The number of piperidine rings is 1. The molecule has 86 valence electrons. The van der Waals surface area contributed by atoms with E-state index < -0.39 is 5.97 Å². The first-order valence-electron chi connectivity index (χ1n) is 5.39. The lowest BCUT2D eigenvalue weighted by Gasteiger charge is -2.28. The van der Waals surface area contributed by atoms with Crippen molar-refractivity contribution < 1.29 is 14.7 Å². The average molecular weight is 214 g/mol. The second-order valence-electron chi connectivity index (χ2n) is 3.75. The van der Waals surface area contributed by atoms with Gasteiger partial charge in [0.1, 0.15) is 6.54 Å². The van der Waals surface area contributed by atoms with E-state index in [1.165, 1.54) is 4.90 Å². The van der Waals surface area contributed by atoms with E-state index in [0.717, 1.165) is 25.8 Å². The molecule has 2 N–H and O–H groups in total. The number of carbonyl (C=O) groups excluding carboxylic acids is 1. The minimum Gasteiger partial charge on any atom is -0.480 e. The molecule has 0 aromatic rings. The lowest BCUT2D eigenvalue weighted by molar-refractivity contribution is -0.145. The number of carboxylic acids is 1. The lowest BCUT2D eigenvalue weighted by Crippen LogP contribution is -2.49. The molecule has 1 saturated heterocycles. The molecule has 0 radical (unpaired) electrons. The zero-order valence-electron chi connectivity index (χ0n) is 9.03. The SMILES string of the molecule is CCN(CC(=O)O)C(=O)[C@H]1CCCCN1. The molecule has 1 aliphatic rings. The van der Waals surface area contributed by atoms with E-state index in [2.05, 4.69) is 5.32 Å². The molecule has 0 spiro atoms. The summed E-state index contributed by atoms with van der Waals surface area (Å²) in [5, 5.41) is 11.8. The number of rotatable bonds is 4. The largest absolute Gasteiger partial charge is 0.480 e. The number of likely N-dealkylation sites (N-methyl/N-ethyl adjacent to an activating group) is 1. The molecule has 0 bridgehead atoms. The van der Waals surface area contributed by atoms with Gasteiger partial charge in [-0.3, -0.25) is 9.59 Å². The summed E-state index contributed by atoms with van der Waals surface area (Å²) in [5.74, 6) is -1.04. The van der Waals surface area contributed by atoms with Gasteiger partial charge in [0.15, 0.2) is 0 Å². The Kier molecular flexibility index (Phi) is 4.55. The molecule has 1 heterocycles. The van der Waals surface area contributed by atoms with Crippen LogP contribution in [0.3, 0.4) is 0 Å². The minimum absolute atomic E-state index is 0.0837. The van der Waals surface area contributed by atoms with E-state index in [0.29, 0.717) is 6.54 Å². The maximum absolute atomic E-state index is 11.9. The van der Waals surface area contributed by atoms with Crippen molar-refractivity contribution in [2.75, 3.05) is 19.6 Å². The number of amides is 1. The maximum Gasteiger partial charge on any atom is 0.323 e. The van der Waals surface area contributed by atoms with Gasteiger partial charge in [0.2, 0.25) is 5.91 Å². The predicted molar refractivity (Wildman–Crippen MR) is 55.5 cm³/mol. The molecule has 0 aromatic heterocycles. The number of nitrogens with one attached hydrogen (secondary N) is 1. The smallest absolute Gasteiger partial charge is 0.323 e. The first-order chi connectivity index (χ1) is 7.15. The van der Waals surface area contributed by atoms with Crippen molar-refractivity contribution in [2.45, 2.75) is 32.2 Å². The first-order valence-corrected chi connectivity index (χ1v) is 5.39. The van der Waals surface area contributed by atoms with Gasteiger partial charge in [0, 0.05) is 6.54 Å². The van der Waals surface area contributed by atoms with E-state index in [9.17, 15) is 9.59 Å². The summed E-state index contributed by atoms with van der Waals surface area (Å²) in [4.78, 5) is 23.8. The third kappa shape index (κ3) is 3.51. The molecule has 15 heavy (non-hydrogen) atoms. The van der Waals surface area contributed by atoms with Crippen molar-refractivity contribution in [1.29, 1.82) is 0 Å². The van der Waals surface area contributed by atoms with Crippen LogP contribution in [0.15, 0.2) is 0 Å². The molecule has 1 fully saturated rings. The molecular formula is C10H18N2O3. The molecular weight excluding hydrogens is 196 g/mol. The van der Waals surface area contributed by atoms with E-state index in [1.54, 1.807) is 6.92 Å². The molecule has 1 atom stereocenters. The Morgan fingerprint density at radius 2 is 2.20 bits per heavy atom. The van der Waals surface area contributed by atoms with Gasteiger partial charge < -0.3 is 15.3 Å². The van der Waals surface area contributed by atoms with Crippen LogP contribution in [0.25, 0.3) is 0 Å². The Morgan fingerprint density at radius 3 is 2.67 bits per heavy atom. The summed E-state index contributed by atoms with van der Waals surface area (Å²) in [6.07, 6.45) is 2.94. The van der Waals surface area contributed by atoms with Gasteiger partial charge in [-0.1, -0.05) is 6.42 Å². The summed E-state index contributed by atoms with van der Waals surface area (Å²) in [6, 6.07) is -0.182. The number of hydrogen-bond donors (Lipinski definition) is 2. The maximum atomic E-state index is 11.9. The Bertz CT molecular complexity index is 237. The number of carboxylic acid groups (broad SMARTS) is 1. The molecule has 5 heteroatoms. The summed E-state index contributed by atoms with van der Waals surface area (Å²) in [5.41, 5.74) is 0. The summed E-state index contributed by atoms with van der Waals surface area (Å²) in [6.45, 7) is 2.89. The third-order valence-corrected chi connectivity index (χ3v) is 2.63. The average Bonchev–Trinajstić information content (AvgIpc) is 2.26. The fourth-order valence-corrected chi connectivity index (χ4v) is 1.79. The van der Waals surface area contributed by atoms with Gasteiger partial charge in [-0.15, -0.1) is 0 Å². The summed E-state index contributed by atoms with van der Waals surface area (Å²) in [7, 11) is 0. The summed E-state index contributed by atoms with van der Waals surface area (Å²) >= 11 is 0. The molecule has 0 aromatic carbocycles. The quantitative estimate of drug-likeness (QED) is 0.694. The van der Waals surface area contributed by atoms with Gasteiger partial charge in [0.25, 0.3) is 0 Å². The van der Waals surface area contributed by atoms with Crippen LogP contribution in [0.1, 0.15) is 26.2 Å². The Balaban J connectivity index is 2.50. The molecule has 0 saturated carbocycles. The van der Waals surface area contributed by atoms with E-state index in [4.69, 9.17) is 5.11 Å². The topological polar surface area (TPSA) is 69.6 Å². The van der Waals surface area contributed by atoms with Crippen molar-refractivity contribution in [3.05, 3.63) is 0 Å². The zero-order chi connectivity index (χ0) is 11.3. The van der Waals surface area contributed by atoms with Gasteiger partial charge in [-0.25, -0.2) is 0 Å². The molecule has 1 amide bonds. The highest BCUT2D eigenvalue weighted by Crippen LogP contribution is 2.09. The second kappa shape index (κ2) is 5.70. The predicted octanol–water partition coefficient (Wildman–Crippen LogP) is 0.0616. The highest BCUT2D eigenvalue weighted by atomic mass is 16.4. The Morgan fingerprint density at radius 1 is 1.47 bits per heavy atom. The minimum atomic E-state index is -0.957. The van der Waals surface area contributed by atoms with E-state index in [1.807, 2.05) is 0 Å². The van der Waals surface area contributed by atoms with Crippen molar-refractivity contribution in [3.8, 4) is 0 Å². The number of hydrogen-bond acceptors (Lipinski definition) is 3. The highest BCUT2D eigenvalue weighted by Gasteiger charge is 2.25. The van der Waals surface area contributed by atoms with Crippen molar-refractivity contribution >= 4 is 11.9 Å². The standard InChI is InChI=1S/C10H18N2O3/c1-2-12(7-9(13)14)10(15)8-5-3-4-6-11-8/h8,11H,2-7H2,1H3,(H,13,14)/t8-/m1/s1. The fourth-order valence-electron chi connectivity index (χ4n) is 1.79. The van der Waals surface area contributed by atoms with Crippen LogP contribution in [-0.2, 0) is 9.59 Å². The van der Waals surface area contributed by atoms with Crippen molar-refractivity contribution in [3.63, 3.8) is 0 Å². The Labute approximate surface area is 89.4 Å². The van der Waals surface area contributed by atoms with Gasteiger partial charge in [-0.05, 0) is 26.3 Å². The van der Waals surface area contributed by atoms with Gasteiger partial charge in [-0.2, -0.15) is 0 Å². The van der Waals surface area contributed by atoms with Crippen LogP contribution in [0.5, 0.6) is 0 Å². The highest BCUT2D eigenvalue weighted by molar-refractivity contribution is 5.85. The normalized spacial score (nSPS) is 21.0. The second-order valence-corrected chi connectivity index (χ2v) is 3.75. The molecule has 0 unspecified atom stereocenters. The van der Waals surface area contributed by atoms with E-state index in [-0.39, 0.29) is 18.5 Å². The molecule has 1 aliphatic heterocycles. The molecule has 0 aliphatic carbocycles. The van der Waals surface area contributed by atoms with Gasteiger partial charge >= 0.3 is 5.97 Å². The summed E-state index contributed by atoms with van der Waals surface area (Å²) < 4.78 is 0. The molecule has 1 rings (SSSR count). The van der Waals surface area contributed by atoms with Crippen LogP contribution >= 0.6 is 0 Å². The Hall–Kier alpha value is -1.10. The zero-order valence-corrected chi connectivity index (χ0v) is 9.03. The number of carbonyl (C=O) groups is 2. The van der Waals surface area contributed by atoms with Crippen LogP contribution < -0.4 is 5.32 Å². The van der Waals surface area contributed by atoms with Crippen molar-refractivity contribution in [2.24, 2.45) is 0 Å².